The molecule has 0 bridgehead atoms. The minimum Gasteiger partial charge on any atom is -0.383 e. The van der Waals surface area contributed by atoms with Gasteiger partial charge in [-0.25, -0.2) is 4.98 Å². The number of ketones is 1. The molecule has 2 aromatic rings. The SMILES string of the molecule is Cc1nc(NCc2ccccc2)sc1C(=O)C=CN(C)C. The molecule has 0 amide bonds. The van der Waals surface area contributed by atoms with Gasteiger partial charge in [-0.2, -0.15) is 0 Å². The maximum Gasteiger partial charge on any atom is 0.199 e. The van der Waals surface area contributed by atoms with Crippen LogP contribution in [0.4, 0.5) is 5.13 Å². The third-order valence-electron chi connectivity index (χ3n) is 2.83. The lowest BCUT2D eigenvalue weighted by Crippen LogP contribution is -2.02. The molecule has 1 heterocycles. The molecule has 0 radical (unpaired) electrons. The first-order valence-corrected chi connectivity index (χ1v) is 7.52. The Kier molecular flexibility index (Phi) is 5.11. The van der Waals surface area contributed by atoms with Gasteiger partial charge in [-0.1, -0.05) is 41.7 Å². The first-order valence-electron chi connectivity index (χ1n) is 6.70. The van der Waals surface area contributed by atoms with Crippen molar-refractivity contribution < 1.29 is 4.79 Å². The van der Waals surface area contributed by atoms with E-state index in [9.17, 15) is 4.79 Å². The number of hydrogen-bond donors (Lipinski definition) is 1. The largest absolute Gasteiger partial charge is 0.383 e. The van der Waals surface area contributed by atoms with E-state index in [-0.39, 0.29) is 5.78 Å². The number of nitrogens with zero attached hydrogens (tertiary/aromatic N) is 2. The monoisotopic (exact) mass is 301 g/mol. The highest BCUT2D eigenvalue weighted by atomic mass is 32.1. The summed E-state index contributed by atoms with van der Waals surface area (Å²) in [6.07, 6.45) is 3.32. The molecule has 5 heteroatoms. The molecule has 110 valence electrons. The van der Waals surface area contributed by atoms with E-state index in [1.807, 2.05) is 44.1 Å². The van der Waals surface area contributed by atoms with E-state index in [1.165, 1.54) is 16.9 Å². The fourth-order valence-electron chi connectivity index (χ4n) is 1.77. The van der Waals surface area contributed by atoms with Crippen LogP contribution in [0.5, 0.6) is 0 Å². The van der Waals surface area contributed by atoms with Crippen molar-refractivity contribution in [3.05, 3.63) is 58.7 Å². The first kappa shape index (κ1) is 15.3. The Labute approximate surface area is 129 Å². The van der Waals surface area contributed by atoms with Crippen LogP contribution in [0.25, 0.3) is 0 Å². The van der Waals surface area contributed by atoms with Crippen molar-refractivity contribution in [2.24, 2.45) is 0 Å². The van der Waals surface area contributed by atoms with Crippen molar-refractivity contribution in [2.75, 3.05) is 19.4 Å². The van der Waals surface area contributed by atoms with Gasteiger partial charge in [-0.3, -0.25) is 4.79 Å². The molecule has 21 heavy (non-hydrogen) atoms. The fourth-order valence-corrected chi connectivity index (χ4v) is 2.65. The summed E-state index contributed by atoms with van der Waals surface area (Å²) < 4.78 is 0. The molecule has 0 saturated heterocycles. The number of carbonyl (C=O) groups is 1. The van der Waals surface area contributed by atoms with Gasteiger partial charge in [0.15, 0.2) is 10.9 Å². The number of allylic oxidation sites excluding steroid dienone is 1. The van der Waals surface area contributed by atoms with Crippen LogP contribution < -0.4 is 5.32 Å². The number of thiazole rings is 1. The molecule has 0 aliphatic rings. The molecule has 0 fully saturated rings. The van der Waals surface area contributed by atoms with Crippen molar-refractivity contribution in [1.29, 1.82) is 0 Å². The summed E-state index contributed by atoms with van der Waals surface area (Å²) >= 11 is 1.40. The molecule has 1 aromatic heterocycles. The third-order valence-corrected chi connectivity index (χ3v) is 3.96. The summed E-state index contributed by atoms with van der Waals surface area (Å²) in [6.45, 7) is 2.57. The molecule has 1 N–H and O–H groups in total. The molecule has 0 aliphatic heterocycles. The molecular formula is C16H19N3OS. The summed E-state index contributed by atoms with van der Waals surface area (Å²) in [7, 11) is 3.77. The van der Waals surface area contributed by atoms with Crippen molar-refractivity contribution >= 4 is 22.3 Å². The van der Waals surface area contributed by atoms with E-state index in [4.69, 9.17) is 0 Å². The van der Waals surface area contributed by atoms with Crippen LogP contribution in [-0.2, 0) is 6.54 Å². The molecule has 0 saturated carbocycles. The van der Waals surface area contributed by atoms with E-state index in [0.29, 0.717) is 11.4 Å². The van der Waals surface area contributed by atoms with Crippen LogP contribution in [0.15, 0.2) is 42.6 Å². The Morgan fingerprint density at radius 2 is 2.05 bits per heavy atom. The lowest BCUT2D eigenvalue weighted by atomic mass is 10.2. The lowest BCUT2D eigenvalue weighted by molar-refractivity contribution is 0.104. The number of anilines is 1. The van der Waals surface area contributed by atoms with Crippen molar-refractivity contribution in [3.8, 4) is 0 Å². The number of nitrogens with one attached hydrogen (secondary N) is 1. The van der Waals surface area contributed by atoms with Gasteiger partial charge in [0.1, 0.15) is 0 Å². The molecule has 1 aromatic carbocycles. The Morgan fingerprint density at radius 1 is 1.33 bits per heavy atom. The van der Waals surface area contributed by atoms with E-state index in [1.54, 1.807) is 12.3 Å². The zero-order chi connectivity index (χ0) is 15.2. The van der Waals surface area contributed by atoms with Crippen molar-refractivity contribution in [2.45, 2.75) is 13.5 Å². The number of carbonyl (C=O) groups excluding carboxylic acids is 1. The van der Waals surface area contributed by atoms with Gasteiger partial charge in [-0.05, 0) is 12.5 Å². The normalized spacial score (nSPS) is 10.8. The number of benzene rings is 1. The summed E-state index contributed by atoms with van der Waals surface area (Å²) in [5.41, 5.74) is 1.95. The van der Waals surface area contributed by atoms with Crippen LogP contribution in [-0.4, -0.2) is 29.8 Å². The lowest BCUT2D eigenvalue weighted by Gasteiger charge is -2.02. The average Bonchev–Trinajstić information content (AvgIpc) is 2.85. The second kappa shape index (κ2) is 7.04. The highest BCUT2D eigenvalue weighted by Crippen LogP contribution is 2.23. The maximum atomic E-state index is 12.1. The summed E-state index contributed by atoms with van der Waals surface area (Å²) in [6, 6.07) is 10.1. The highest BCUT2D eigenvalue weighted by molar-refractivity contribution is 7.17. The minimum absolute atomic E-state index is 0.00791. The predicted octanol–water partition coefficient (Wildman–Crippen LogP) is 3.32. The number of aryl methyl sites for hydroxylation is 1. The molecule has 0 atom stereocenters. The van der Waals surface area contributed by atoms with Crippen LogP contribution in [0.2, 0.25) is 0 Å². The summed E-state index contributed by atoms with van der Waals surface area (Å²) in [4.78, 5) is 19.0. The van der Waals surface area contributed by atoms with Crippen LogP contribution in [0.3, 0.4) is 0 Å². The number of aromatic nitrogens is 1. The molecule has 0 aliphatic carbocycles. The standard InChI is InChI=1S/C16H19N3OS/c1-12-15(14(20)9-10-19(2)3)21-16(18-12)17-11-13-7-5-4-6-8-13/h4-10H,11H2,1-3H3,(H,17,18). The molecule has 2 rings (SSSR count). The summed E-state index contributed by atoms with van der Waals surface area (Å²) in [5, 5.41) is 4.04. The average molecular weight is 301 g/mol. The highest BCUT2D eigenvalue weighted by Gasteiger charge is 2.12. The van der Waals surface area contributed by atoms with Gasteiger partial charge in [0.2, 0.25) is 0 Å². The molecule has 4 nitrogen and oxygen atoms in total. The van der Waals surface area contributed by atoms with Gasteiger partial charge in [0, 0.05) is 32.9 Å². The minimum atomic E-state index is -0.00791. The van der Waals surface area contributed by atoms with Gasteiger partial charge in [0.25, 0.3) is 0 Å². The van der Waals surface area contributed by atoms with E-state index in [2.05, 4.69) is 22.4 Å². The van der Waals surface area contributed by atoms with Crippen molar-refractivity contribution in [3.63, 3.8) is 0 Å². The fraction of sp³-hybridized carbons (Fsp3) is 0.250. The van der Waals surface area contributed by atoms with Crippen molar-refractivity contribution in [1.82, 2.24) is 9.88 Å². The first-order chi connectivity index (χ1) is 10.1. The Balaban J connectivity index is 2.03. The Bertz CT molecular complexity index is 632. The smallest absolute Gasteiger partial charge is 0.199 e. The van der Waals surface area contributed by atoms with Gasteiger partial charge in [-0.15, -0.1) is 0 Å². The van der Waals surface area contributed by atoms with Gasteiger partial charge < -0.3 is 10.2 Å². The van der Waals surface area contributed by atoms with Crippen LogP contribution in [0, 0.1) is 6.92 Å². The van der Waals surface area contributed by atoms with Crippen LogP contribution >= 0.6 is 11.3 Å². The quantitative estimate of drug-likeness (QED) is 0.656. The topological polar surface area (TPSA) is 45.2 Å². The zero-order valence-corrected chi connectivity index (χ0v) is 13.3. The molecular weight excluding hydrogens is 282 g/mol. The Hall–Kier alpha value is -2.14. The number of rotatable bonds is 6. The Morgan fingerprint density at radius 3 is 2.71 bits per heavy atom. The molecule has 0 spiro atoms. The van der Waals surface area contributed by atoms with E-state index < -0.39 is 0 Å². The summed E-state index contributed by atoms with van der Waals surface area (Å²) in [5.74, 6) is -0.00791. The zero-order valence-electron chi connectivity index (χ0n) is 12.5. The number of hydrogen-bond acceptors (Lipinski definition) is 5. The van der Waals surface area contributed by atoms with Gasteiger partial charge >= 0.3 is 0 Å². The van der Waals surface area contributed by atoms with Crippen LogP contribution in [0.1, 0.15) is 20.9 Å². The van der Waals surface area contributed by atoms with E-state index >= 15 is 0 Å². The van der Waals surface area contributed by atoms with E-state index in [0.717, 1.165) is 10.8 Å². The predicted molar refractivity (Wildman–Crippen MR) is 87.8 cm³/mol. The second-order valence-electron chi connectivity index (χ2n) is 4.92. The molecule has 0 unspecified atom stereocenters. The third kappa shape index (κ3) is 4.43. The second-order valence-corrected chi connectivity index (χ2v) is 5.92. The van der Waals surface area contributed by atoms with Gasteiger partial charge in [0.05, 0.1) is 10.6 Å². The maximum absolute atomic E-state index is 12.1.